The molecule has 2 N–H and O–H groups in total. The number of aliphatic hydroxyl groups is 1. The fourth-order valence-electron chi connectivity index (χ4n) is 1.14. The fourth-order valence-corrected chi connectivity index (χ4v) is 2.30. The molecule has 1 unspecified atom stereocenters. The number of hydrogen-bond donors (Lipinski definition) is 2. The van der Waals surface area contributed by atoms with Crippen LogP contribution in [0.3, 0.4) is 0 Å². The zero-order valence-electron chi connectivity index (χ0n) is 9.29. The van der Waals surface area contributed by atoms with Crippen molar-refractivity contribution < 1.29 is 5.11 Å². The lowest BCUT2D eigenvalue weighted by Gasteiger charge is -2.15. The van der Waals surface area contributed by atoms with Crippen LogP contribution in [0.4, 0.5) is 0 Å². The summed E-state index contributed by atoms with van der Waals surface area (Å²) in [5, 5.41) is 12.5. The maximum Gasteiger partial charge on any atom is 0.0584 e. The van der Waals surface area contributed by atoms with Crippen LogP contribution in [0.1, 0.15) is 19.8 Å². The van der Waals surface area contributed by atoms with Crippen LogP contribution in [0, 0.1) is 0 Å². The number of nitrogens with one attached hydrogen (secondary N) is 1. The maximum absolute atomic E-state index is 9.08. The zero-order chi connectivity index (χ0) is 10.6. The van der Waals surface area contributed by atoms with Gasteiger partial charge in [0, 0.05) is 6.04 Å². The lowest BCUT2D eigenvalue weighted by molar-refractivity contribution is 0.240. The van der Waals surface area contributed by atoms with E-state index in [9.17, 15) is 0 Å². The topological polar surface area (TPSA) is 32.3 Å². The van der Waals surface area contributed by atoms with Crippen LogP contribution < -0.4 is 5.32 Å². The molecule has 0 fully saturated rings. The van der Waals surface area contributed by atoms with E-state index in [1.165, 1.54) is 17.9 Å². The van der Waals surface area contributed by atoms with E-state index in [2.05, 4.69) is 18.5 Å². The largest absolute Gasteiger partial charge is 0.395 e. The second kappa shape index (κ2) is 11.7. The number of hydrogen-bond acceptors (Lipinski definition) is 4. The summed E-state index contributed by atoms with van der Waals surface area (Å²) in [5.41, 5.74) is 0. The van der Waals surface area contributed by atoms with Gasteiger partial charge < -0.3 is 10.4 Å². The Hall–Kier alpha value is 0.620. The summed E-state index contributed by atoms with van der Waals surface area (Å²) >= 11 is 3.82. The SMILES string of the molecule is CCSCCCNC(CO)CCSC. The molecule has 0 aromatic rings. The molecule has 0 aliphatic rings. The van der Waals surface area contributed by atoms with Crippen LogP contribution in [0.2, 0.25) is 0 Å². The smallest absolute Gasteiger partial charge is 0.0584 e. The van der Waals surface area contributed by atoms with Crippen molar-refractivity contribution in [1.29, 1.82) is 0 Å². The Morgan fingerprint density at radius 2 is 2.14 bits per heavy atom. The first-order chi connectivity index (χ1) is 6.85. The van der Waals surface area contributed by atoms with E-state index >= 15 is 0 Å². The first-order valence-corrected chi connectivity index (χ1v) is 7.80. The van der Waals surface area contributed by atoms with Crippen LogP contribution in [0.15, 0.2) is 0 Å². The first kappa shape index (κ1) is 14.6. The van der Waals surface area contributed by atoms with Gasteiger partial charge >= 0.3 is 0 Å². The minimum absolute atomic E-state index is 0.265. The van der Waals surface area contributed by atoms with Crippen LogP contribution >= 0.6 is 23.5 Å². The highest BCUT2D eigenvalue weighted by Crippen LogP contribution is 2.02. The molecule has 0 aromatic heterocycles. The van der Waals surface area contributed by atoms with Crippen LogP contribution in [0.5, 0.6) is 0 Å². The lowest BCUT2D eigenvalue weighted by Crippen LogP contribution is -2.33. The monoisotopic (exact) mass is 237 g/mol. The number of aliphatic hydroxyl groups excluding tert-OH is 1. The first-order valence-electron chi connectivity index (χ1n) is 5.26. The molecule has 0 saturated heterocycles. The van der Waals surface area contributed by atoms with Gasteiger partial charge in [-0.05, 0) is 42.9 Å². The van der Waals surface area contributed by atoms with Gasteiger partial charge in [0.2, 0.25) is 0 Å². The summed E-state index contributed by atoms with van der Waals surface area (Å²) in [6.45, 7) is 3.49. The third-order valence-electron chi connectivity index (χ3n) is 1.99. The molecule has 0 saturated carbocycles. The quantitative estimate of drug-likeness (QED) is 0.568. The van der Waals surface area contributed by atoms with Gasteiger partial charge in [0.05, 0.1) is 6.61 Å². The van der Waals surface area contributed by atoms with Gasteiger partial charge in [-0.25, -0.2) is 0 Å². The number of rotatable bonds is 10. The molecule has 1 atom stereocenters. The zero-order valence-corrected chi connectivity index (χ0v) is 10.9. The Balaban J connectivity index is 3.24. The fraction of sp³-hybridized carbons (Fsp3) is 1.00. The van der Waals surface area contributed by atoms with Gasteiger partial charge in [0.25, 0.3) is 0 Å². The predicted molar refractivity (Wildman–Crippen MR) is 69.5 cm³/mol. The van der Waals surface area contributed by atoms with Crippen molar-refractivity contribution in [2.24, 2.45) is 0 Å². The molecule has 0 aliphatic heterocycles. The Kier molecular flexibility index (Phi) is 12.2. The molecular formula is C10H23NOS2. The molecule has 4 heteroatoms. The average Bonchev–Trinajstić information content (AvgIpc) is 2.22. The number of thioether (sulfide) groups is 2. The lowest BCUT2D eigenvalue weighted by atomic mass is 10.2. The van der Waals surface area contributed by atoms with Gasteiger partial charge in [0.1, 0.15) is 0 Å². The molecule has 0 heterocycles. The molecule has 0 bridgehead atoms. The van der Waals surface area contributed by atoms with Crippen LogP contribution in [-0.4, -0.2) is 47.8 Å². The van der Waals surface area contributed by atoms with Gasteiger partial charge in [-0.3, -0.25) is 0 Å². The Labute approximate surface area is 96.6 Å². The van der Waals surface area contributed by atoms with Gasteiger partial charge in [-0.2, -0.15) is 23.5 Å². The standard InChI is InChI=1S/C10H23NOS2/c1-3-14-7-4-6-11-10(9-12)5-8-13-2/h10-12H,3-9H2,1-2H3. The average molecular weight is 237 g/mol. The summed E-state index contributed by atoms with van der Waals surface area (Å²) in [4.78, 5) is 0. The van der Waals surface area contributed by atoms with Crippen molar-refractivity contribution in [3.8, 4) is 0 Å². The molecule has 0 amide bonds. The van der Waals surface area contributed by atoms with Crippen molar-refractivity contribution in [2.45, 2.75) is 25.8 Å². The molecule has 0 aromatic carbocycles. The summed E-state index contributed by atoms with van der Waals surface area (Å²) in [7, 11) is 0. The molecule has 0 aliphatic carbocycles. The molecular weight excluding hydrogens is 214 g/mol. The third kappa shape index (κ3) is 9.19. The van der Waals surface area contributed by atoms with Crippen LogP contribution in [0.25, 0.3) is 0 Å². The second-order valence-corrected chi connectivity index (χ2v) is 5.55. The summed E-state index contributed by atoms with van der Waals surface area (Å²) in [5.74, 6) is 3.56. The maximum atomic E-state index is 9.08. The van der Waals surface area contributed by atoms with E-state index in [0.29, 0.717) is 6.04 Å². The summed E-state index contributed by atoms with van der Waals surface area (Å²) in [6.07, 6.45) is 4.37. The van der Waals surface area contributed by atoms with Crippen molar-refractivity contribution in [1.82, 2.24) is 5.32 Å². The van der Waals surface area contributed by atoms with Gasteiger partial charge in [-0.15, -0.1) is 0 Å². The van der Waals surface area contributed by atoms with E-state index < -0.39 is 0 Å². The van der Waals surface area contributed by atoms with Crippen molar-refractivity contribution in [3.63, 3.8) is 0 Å². The van der Waals surface area contributed by atoms with E-state index in [1.54, 1.807) is 0 Å². The van der Waals surface area contributed by atoms with E-state index in [0.717, 1.165) is 18.7 Å². The highest BCUT2D eigenvalue weighted by atomic mass is 32.2. The van der Waals surface area contributed by atoms with Crippen LogP contribution in [-0.2, 0) is 0 Å². The van der Waals surface area contributed by atoms with Gasteiger partial charge in [0.15, 0.2) is 0 Å². The van der Waals surface area contributed by atoms with E-state index in [-0.39, 0.29) is 6.61 Å². The third-order valence-corrected chi connectivity index (χ3v) is 3.62. The molecule has 2 nitrogen and oxygen atoms in total. The molecule has 14 heavy (non-hydrogen) atoms. The normalized spacial score (nSPS) is 13.1. The van der Waals surface area contributed by atoms with Crippen molar-refractivity contribution in [2.75, 3.05) is 36.7 Å². The summed E-state index contributed by atoms with van der Waals surface area (Å²) in [6, 6.07) is 0.300. The Bertz CT molecular complexity index is 114. The van der Waals surface area contributed by atoms with Crippen molar-refractivity contribution in [3.05, 3.63) is 0 Å². The minimum atomic E-state index is 0.265. The van der Waals surface area contributed by atoms with E-state index in [4.69, 9.17) is 5.11 Å². The highest BCUT2D eigenvalue weighted by Gasteiger charge is 2.04. The van der Waals surface area contributed by atoms with Gasteiger partial charge in [-0.1, -0.05) is 6.92 Å². The molecule has 0 rings (SSSR count). The second-order valence-electron chi connectivity index (χ2n) is 3.17. The Morgan fingerprint density at radius 1 is 1.36 bits per heavy atom. The highest BCUT2D eigenvalue weighted by molar-refractivity contribution is 7.99. The molecule has 0 spiro atoms. The molecule has 86 valence electrons. The summed E-state index contributed by atoms with van der Waals surface area (Å²) < 4.78 is 0. The van der Waals surface area contributed by atoms with Crippen molar-refractivity contribution >= 4 is 23.5 Å². The minimum Gasteiger partial charge on any atom is -0.395 e. The molecule has 0 radical (unpaired) electrons. The Morgan fingerprint density at radius 3 is 2.71 bits per heavy atom. The predicted octanol–water partition coefficient (Wildman–Crippen LogP) is 1.83. The van der Waals surface area contributed by atoms with E-state index in [1.807, 2.05) is 23.5 Å².